The van der Waals surface area contributed by atoms with Gasteiger partial charge in [-0.15, -0.1) is 0 Å². The molecule has 1 saturated carbocycles. The van der Waals surface area contributed by atoms with E-state index in [4.69, 9.17) is 0 Å². The lowest BCUT2D eigenvalue weighted by molar-refractivity contribution is -0.130. The van der Waals surface area contributed by atoms with Gasteiger partial charge in [-0.25, -0.2) is 0 Å². The van der Waals surface area contributed by atoms with Crippen molar-refractivity contribution >= 4 is 5.78 Å². The van der Waals surface area contributed by atoms with Crippen LogP contribution in [0, 0.1) is 5.92 Å². The van der Waals surface area contributed by atoms with Crippen LogP contribution in [0.3, 0.4) is 0 Å². The lowest BCUT2D eigenvalue weighted by Crippen LogP contribution is -2.60. The summed E-state index contributed by atoms with van der Waals surface area (Å²) in [5.41, 5.74) is 0.118. The van der Waals surface area contributed by atoms with Crippen LogP contribution in [0.4, 0.5) is 0 Å². The molecule has 1 aliphatic heterocycles. The van der Waals surface area contributed by atoms with Crippen molar-refractivity contribution < 1.29 is 4.79 Å². The van der Waals surface area contributed by atoms with Gasteiger partial charge in [-0.05, 0) is 26.7 Å². The maximum Gasteiger partial charge on any atom is 0.139 e. The van der Waals surface area contributed by atoms with Crippen molar-refractivity contribution in [3.05, 3.63) is 0 Å². The van der Waals surface area contributed by atoms with Crippen LogP contribution in [-0.4, -0.2) is 17.4 Å². The highest BCUT2D eigenvalue weighted by Crippen LogP contribution is 2.38. The van der Waals surface area contributed by atoms with Gasteiger partial charge in [0.25, 0.3) is 0 Å². The van der Waals surface area contributed by atoms with Crippen molar-refractivity contribution in [3.8, 4) is 0 Å². The topological polar surface area (TPSA) is 29.1 Å². The van der Waals surface area contributed by atoms with E-state index in [1.54, 1.807) is 0 Å². The van der Waals surface area contributed by atoms with Gasteiger partial charge in [0.2, 0.25) is 0 Å². The molecule has 0 spiro atoms. The third-order valence-electron chi connectivity index (χ3n) is 3.68. The Morgan fingerprint density at radius 3 is 3.00 bits per heavy atom. The van der Waals surface area contributed by atoms with Crippen LogP contribution in [0.5, 0.6) is 0 Å². The Hall–Kier alpha value is -0.370. The number of piperidine rings is 1. The van der Waals surface area contributed by atoms with Gasteiger partial charge in [-0.3, -0.25) is 4.79 Å². The van der Waals surface area contributed by atoms with E-state index in [2.05, 4.69) is 19.2 Å². The number of ketones is 1. The summed E-state index contributed by atoms with van der Waals surface area (Å²) in [7, 11) is 0. The number of hydrogen-bond acceptors (Lipinski definition) is 2. The summed E-state index contributed by atoms with van der Waals surface area (Å²) in [6, 6.07) is 0.381. The van der Waals surface area contributed by atoms with Crippen molar-refractivity contribution in [1.82, 2.24) is 5.32 Å². The minimum Gasteiger partial charge on any atom is -0.308 e. The van der Waals surface area contributed by atoms with Crippen LogP contribution in [0.1, 0.15) is 46.0 Å². The molecule has 74 valence electrons. The van der Waals surface area contributed by atoms with Crippen LogP contribution < -0.4 is 5.32 Å². The van der Waals surface area contributed by atoms with E-state index < -0.39 is 0 Å². The van der Waals surface area contributed by atoms with E-state index in [1.807, 2.05) is 0 Å². The third kappa shape index (κ3) is 1.52. The normalized spacial score (nSPS) is 45.8. The second kappa shape index (κ2) is 3.09. The fourth-order valence-corrected chi connectivity index (χ4v) is 3.08. The number of rotatable bonds is 0. The van der Waals surface area contributed by atoms with Gasteiger partial charge in [0, 0.05) is 23.9 Å². The summed E-state index contributed by atoms with van der Waals surface area (Å²) in [4.78, 5) is 11.8. The average Bonchev–Trinajstić information content (AvgIpc) is 2.01. The third-order valence-corrected chi connectivity index (χ3v) is 3.68. The number of fused-ring (bicyclic) bond motifs is 1. The number of carbonyl (C=O) groups excluding carboxylic acids is 1. The minimum atomic E-state index is 0.118. The molecule has 2 heteroatoms. The van der Waals surface area contributed by atoms with Gasteiger partial charge in [0.15, 0.2) is 0 Å². The van der Waals surface area contributed by atoms with E-state index in [0.29, 0.717) is 17.7 Å². The summed E-state index contributed by atoms with van der Waals surface area (Å²) in [5, 5.41) is 3.60. The van der Waals surface area contributed by atoms with E-state index in [1.165, 1.54) is 19.3 Å². The van der Waals surface area contributed by atoms with Crippen LogP contribution in [0.25, 0.3) is 0 Å². The number of Topliss-reactive ketones (excluding diaryl/α,β-unsaturated/α-hetero) is 1. The highest BCUT2D eigenvalue weighted by molar-refractivity contribution is 5.84. The predicted molar refractivity (Wildman–Crippen MR) is 52.6 cm³/mol. The Bertz CT molecular complexity index is 226. The van der Waals surface area contributed by atoms with Gasteiger partial charge >= 0.3 is 0 Å². The zero-order chi connectivity index (χ0) is 9.47. The van der Waals surface area contributed by atoms with Gasteiger partial charge in [-0.1, -0.05) is 12.8 Å². The lowest BCUT2D eigenvalue weighted by Gasteiger charge is -2.47. The molecule has 0 bridgehead atoms. The number of hydrogen-bond donors (Lipinski definition) is 1. The summed E-state index contributed by atoms with van der Waals surface area (Å²) in [6.45, 7) is 4.35. The SMILES string of the molecule is C[C@@H]1CC(=O)[C@H]2CCCC[C@]2(C)N1. The highest BCUT2D eigenvalue weighted by Gasteiger charge is 2.44. The second-order valence-corrected chi connectivity index (χ2v) is 4.93. The lowest BCUT2D eigenvalue weighted by atomic mass is 9.68. The van der Waals surface area contributed by atoms with Crippen molar-refractivity contribution in [1.29, 1.82) is 0 Å². The van der Waals surface area contributed by atoms with E-state index in [0.717, 1.165) is 12.8 Å². The highest BCUT2D eigenvalue weighted by atomic mass is 16.1. The molecule has 0 amide bonds. The van der Waals surface area contributed by atoms with Crippen molar-refractivity contribution in [2.75, 3.05) is 0 Å². The molecular weight excluding hydrogens is 162 g/mol. The minimum absolute atomic E-state index is 0.118. The van der Waals surface area contributed by atoms with Gasteiger partial charge in [0.1, 0.15) is 5.78 Å². The first-order chi connectivity index (χ1) is 6.12. The monoisotopic (exact) mass is 181 g/mol. The smallest absolute Gasteiger partial charge is 0.139 e. The molecule has 1 heterocycles. The zero-order valence-corrected chi connectivity index (χ0v) is 8.60. The molecule has 2 nitrogen and oxygen atoms in total. The Balaban J connectivity index is 2.20. The van der Waals surface area contributed by atoms with Crippen LogP contribution in [-0.2, 0) is 4.79 Å². The Morgan fingerprint density at radius 1 is 1.46 bits per heavy atom. The molecule has 0 aromatic heterocycles. The fraction of sp³-hybridized carbons (Fsp3) is 0.909. The molecule has 2 fully saturated rings. The Kier molecular flexibility index (Phi) is 2.18. The van der Waals surface area contributed by atoms with Crippen molar-refractivity contribution in [3.63, 3.8) is 0 Å². The molecule has 2 aliphatic rings. The number of carbonyl (C=O) groups is 1. The molecule has 3 atom stereocenters. The first kappa shape index (κ1) is 9.20. The fourth-order valence-electron chi connectivity index (χ4n) is 3.08. The van der Waals surface area contributed by atoms with Gasteiger partial charge < -0.3 is 5.32 Å². The standard InChI is InChI=1S/C11H19NO/c1-8-7-10(13)9-5-3-4-6-11(9,2)12-8/h8-9,12H,3-7H2,1-2H3/t8-,9-,11+/m1/s1. The van der Waals surface area contributed by atoms with Crippen molar-refractivity contribution in [2.24, 2.45) is 5.92 Å². The molecule has 0 radical (unpaired) electrons. The maximum atomic E-state index is 11.8. The van der Waals surface area contributed by atoms with E-state index in [-0.39, 0.29) is 5.54 Å². The number of nitrogens with one attached hydrogen (secondary N) is 1. The summed E-state index contributed by atoms with van der Waals surface area (Å²) >= 11 is 0. The molecular formula is C11H19NO. The first-order valence-corrected chi connectivity index (χ1v) is 5.42. The molecule has 0 aromatic carbocycles. The molecule has 0 unspecified atom stereocenters. The van der Waals surface area contributed by atoms with Crippen molar-refractivity contribution in [2.45, 2.75) is 57.5 Å². The molecule has 1 aliphatic carbocycles. The van der Waals surface area contributed by atoms with Gasteiger partial charge in [0.05, 0.1) is 0 Å². The van der Waals surface area contributed by atoms with E-state index in [9.17, 15) is 4.79 Å². The first-order valence-electron chi connectivity index (χ1n) is 5.42. The zero-order valence-electron chi connectivity index (χ0n) is 8.60. The summed E-state index contributed by atoms with van der Waals surface area (Å²) in [5.74, 6) is 0.797. The molecule has 1 saturated heterocycles. The Labute approximate surface area is 80.1 Å². The quantitative estimate of drug-likeness (QED) is 0.618. The Morgan fingerprint density at radius 2 is 2.23 bits per heavy atom. The average molecular weight is 181 g/mol. The van der Waals surface area contributed by atoms with Crippen LogP contribution >= 0.6 is 0 Å². The van der Waals surface area contributed by atoms with Crippen LogP contribution in [0.2, 0.25) is 0 Å². The molecule has 0 aromatic rings. The molecule has 13 heavy (non-hydrogen) atoms. The van der Waals surface area contributed by atoms with Gasteiger partial charge in [-0.2, -0.15) is 0 Å². The maximum absolute atomic E-state index is 11.8. The summed E-state index contributed by atoms with van der Waals surface area (Å²) in [6.07, 6.45) is 5.53. The largest absolute Gasteiger partial charge is 0.308 e. The molecule has 2 rings (SSSR count). The molecule has 1 N–H and O–H groups in total. The van der Waals surface area contributed by atoms with E-state index >= 15 is 0 Å². The van der Waals surface area contributed by atoms with Crippen LogP contribution in [0.15, 0.2) is 0 Å². The summed E-state index contributed by atoms with van der Waals surface area (Å²) < 4.78 is 0. The second-order valence-electron chi connectivity index (χ2n) is 4.93. The predicted octanol–water partition coefficient (Wildman–Crippen LogP) is 1.89.